The van der Waals surface area contributed by atoms with Crippen LogP contribution in [-0.2, 0) is 0 Å². The number of nitro benzene ring substituents is 1. The SMILES string of the molecule is CCCN(c1ccccc1)c1cccc([N+](=O)[O-])c1F. The van der Waals surface area contributed by atoms with Gasteiger partial charge >= 0.3 is 5.69 Å². The molecule has 0 spiro atoms. The van der Waals surface area contributed by atoms with E-state index in [9.17, 15) is 14.5 Å². The number of rotatable bonds is 5. The van der Waals surface area contributed by atoms with E-state index in [-0.39, 0.29) is 5.69 Å². The van der Waals surface area contributed by atoms with Gasteiger partial charge in [-0.15, -0.1) is 0 Å². The molecule has 2 aromatic carbocycles. The summed E-state index contributed by atoms with van der Waals surface area (Å²) in [5, 5.41) is 10.8. The molecule has 0 aromatic heterocycles. The number of halogens is 1. The van der Waals surface area contributed by atoms with E-state index in [0.717, 1.165) is 12.1 Å². The van der Waals surface area contributed by atoms with Crippen molar-refractivity contribution in [3.63, 3.8) is 0 Å². The number of anilines is 2. The first kappa shape index (κ1) is 14.0. The Morgan fingerprint density at radius 1 is 1.15 bits per heavy atom. The fourth-order valence-corrected chi connectivity index (χ4v) is 2.08. The van der Waals surface area contributed by atoms with Gasteiger partial charge in [0.2, 0.25) is 5.82 Å². The van der Waals surface area contributed by atoms with Gasteiger partial charge in [-0.1, -0.05) is 31.2 Å². The van der Waals surface area contributed by atoms with Crippen LogP contribution in [0.25, 0.3) is 0 Å². The first-order chi connectivity index (χ1) is 9.65. The molecule has 20 heavy (non-hydrogen) atoms. The minimum absolute atomic E-state index is 0.229. The quantitative estimate of drug-likeness (QED) is 0.603. The van der Waals surface area contributed by atoms with Crippen LogP contribution in [0.2, 0.25) is 0 Å². The first-order valence-electron chi connectivity index (χ1n) is 6.40. The zero-order valence-electron chi connectivity index (χ0n) is 11.1. The van der Waals surface area contributed by atoms with Crippen molar-refractivity contribution in [3.8, 4) is 0 Å². The molecule has 0 unspecified atom stereocenters. The fraction of sp³-hybridized carbons (Fsp3) is 0.200. The average molecular weight is 274 g/mol. The summed E-state index contributed by atoms with van der Waals surface area (Å²) in [5.74, 6) is -0.796. The maximum Gasteiger partial charge on any atom is 0.306 e. The van der Waals surface area contributed by atoms with Gasteiger partial charge in [0.25, 0.3) is 0 Å². The Morgan fingerprint density at radius 2 is 1.85 bits per heavy atom. The van der Waals surface area contributed by atoms with Crippen LogP contribution in [0.15, 0.2) is 48.5 Å². The number of hydrogen-bond donors (Lipinski definition) is 0. The van der Waals surface area contributed by atoms with Crippen LogP contribution in [0.5, 0.6) is 0 Å². The van der Waals surface area contributed by atoms with Crippen molar-refractivity contribution >= 4 is 17.1 Å². The summed E-state index contributed by atoms with van der Waals surface area (Å²) in [6.45, 7) is 2.56. The molecule has 4 nitrogen and oxygen atoms in total. The maximum atomic E-state index is 14.3. The lowest BCUT2D eigenvalue weighted by atomic mass is 10.2. The van der Waals surface area contributed by atoms with Crippen molar-refractivity contribution in [2.24, 2.45) is 0 Å². The second-order valence-electron chi connectivity index (χ2n) is 4.35. The standard InChI is InChI=1S/C15H15FN2O2/c1-2-11-17(12-7-4-3-5-8-12)13-9-6-10-14(15(13)16)18(19)20/h3-10H,2,11H2,1H3. The minimum atomic E-state index is -0.796. The van der Waals surface area contributed by atoms with Gasteiger partial charge in [-0.25, -0.2) is 0 Å². The summed E-state index contributed by atoms with van der Waals surface area (Å²) in [6, 6.07) is 13.5. The molecule has 104 valence electrons. The molecule has 0 atom stereocenters. The number of nitrogens with zero attached hydrogens (tertiary/aromatic N) is 2. The van der Waals surface area contributed by atoms with Crippen LogP contribution in [0.3, 0.4) is 0 Å². The van der Waals surface area contributed by atoms with E-state index in [1.54, 1.807) is 11.0 Å². The van der Waals surface area contributed by atoms with Gasteiger partial charge < -0.3 is 4.90 Å². The van der Waals surface area contributed by atoms with E-state index in [0.29, 0.717) is 6.54 Å². The van der Waals surface area contributed by atoms with Crippen LogP contribution in [0.4, 0.5) is 21.5 Å². The highest BCUT2D eigenvalue weighted by Crippen LogP contribution is 2.32. The molecule has 0 N–H and O–H groups in total. The van der Waals surface area contributed by atoms with Gasteiger partial charge in [-0.3, -0.25) is 10.1 Å². The Bertz CT molecular complexity index is 602. The highest BCUT2D eigenvalue weighted by molar-refractivity contribution is 5.66. The molecule has 0 bridgehead atoms. The third kappa shape index (κ3) is 2.77. The van der Waals surface area contributed by atoms with Crippen molar-refractivity contribution < 1.29 is 9.31 Å². The molecular formula is C15H15FN2O2. The molecule has 5 heteroatoms. The van der Waals surface area contributed by atoms with Gasteiger partial charge in [0, 0.05) is 18.3 Å². The average Bonchev–Trinajstić information content (AvgIpc) is 2.46. The Hall–Kier alpha value is -2.43. The largest absolute Gasteiger partial charge is 0.339 e. The molecule has 0 aliphatic rings. The zero-order chi connectivity index (χ0) is 14.5. The molecule has 2 aromatic rings. The maximum absolute atomic E-state index is 14.3. The lowest BCUT2D eigenvalue weighted by molar-refractivity contribution is -0.387. The molecule has 0 fully saturated rings. The van der Waals surface area contributed by atoms with E-state index in [1.165, 1.54) is 12.1 Å². The molecule has 2 rings (SSSR count). The molecule has 0 aliphatic heterocycles. The number of nitro groups is 1. The molecule has 0 radical (unpaired) electrons. The van der Waals surface area contributed by atoms with Gasteiger partial charge in [-0.2, -0.15) is 4.39 Å². The van der Waals surface area contributed by atoms with E-state index >= 15 is 0 Å². The summed E-state index contributed by atoms with van der Waals surface area (Å²) in [5.41, 5.74) is 0.542. The fourth-order valence-electron chi connectivity index (χ4n) is 2.08. The second-order valence-corrected chi connectivity index (χ2v) is 4.35. The highest BCUT2D eigenvalue weighted by Gasteiger charge is 2.21. The Labute approximate surface area is 116 Å². The topological polar surface area (TPSA) is 46.4 Å². The molecular weight excluding hydrogens is 259 g/mol. The highest BCUT2D eigenvalue weighted by atomic mass is 19.1. The smallest absolute Gasteiger partial charge is 0.306 e. The van der Waals surface area contributed by atoms with Gasteiger partial charge in [0.1, 0.15) is 0 Å². The monoisotopic (exact) mass is 274 g/mol. The zero-order valence-corrected chi connectivity index (χ0v) is 11.1. The summed E-state index contributed by atoms with van der Waals surface area (Å²) in [6.07, 6.45) is 0.803. The van der Waals surface area contributed by atoms with E-state index in [4.69, 9.17) is 0 Å². The number of para-hydroxylation sites is 1. The predicted octanol–water partition coefficient (Wildman–Crippen LogP) is 4.28. The molecule has 0 amide bonds. The van der Waals surface area contributed by atoms with Crippen molar-refractivity contribution in [1.29, 1.82) is 0 Å². The Morgan fingerprint density at radius 3 is 2.45 bits per heavy atom. The van der Waals surface area contributed by atoms with Gasteiger partial charge in [-0.05, 0) is 24.6 Å². The number of benzene rings is 2. The summed E-state index contributed by atoms with van der Waals surface area (Å²) in [7, 11) is 0. The van der Waals surface area contributed by atoms with Crippen molar-refractivity contribution in [2.75, 3.05) is 11.4 Å². The van der Waals surface area contributed by atoms with Gasteiger partial charge in [0.05, 0.1) is 10.6 Å². The first-order valence-corrected chi connectivity index (χ1v) is 6.40. The number of hydrogen-bond acceptors (Lipinski definition) is 3. The summed E-state index contributed by atoms with van der Waals surface area (Å²) >= 11 is 0. The normalized spacial score (nSPS) is 10.3. The van der Waals surface area contributed by atoms with Gasteiger partial charge in [0.15, 0.2) is 0 Å². The van der Waals surface area contributed by atoms with Crippen LogP contribution < -0.4 is 4.90 Å². The van der Waals surface area contributed by atoms with Crippen LogP contribution in [-0.4, -0.2) is 11.5 Å². The van der Waals surface area contributed by atoms with Crippen LogP contribution >= 0.6 is 0 Å². The molecule has 0 heterocycles. The van der Waals surface area contributed by atoms with Crippen molar-refractivity contribution in [3.05, 3.63) is 64.5 Å². The minimum Gasteiger partial charge on any atom is -0.339 e. The van der Waals surface area contributed by atoms with Crippen molar-refractivity contribution in [1.82, 2.24) is 0 Å². The molecule has 0 saturated carbocycles. The third-order valence-electron chi connectivity index (χ3n) is 2.96. The van der Waals surface area contributed by atoms with Crippen LogP contribution in [0, 0.1) is 15.9 Å². The molecule has 0 aliphatic carbocycles. The summed E-state index contributed by atoms with van der Waals surface area (Å²) in [4.78, 5) is 11.9. The predicted molar refractivity (Wildman–Crippen MR) is 76.8 cm³/mol. The third-order valence-corrected chi connectivity index (χ3v) is 2.96. The second kappa shape index (κ2) is 6.14. The van der Waals surface area contributed by atoms with E-state index < -0.39 is 16.4 Å². The van der Waals surface area contributed by atoms with Crippen LogP contribution in [0.1, 0.15) is 13.3 Å². The summed E-state index contributed by atoms with van der Waals surface area (Å²) < 4.78 is 14.3. The van der Waals surface area contributed by atoms with Crippen molar-refractivity contribution in [2.45, 2.75) is 13.3 Å². The molecule has 0 saturated heterocycles. The Kier molecular flexibility index (Phi) is 4.30. The van der Waals surface area contributed by atoms with E-state index in [2.05, 4.69) is 0 Å². The lowest BCUT2D eigenvalue weighted by Crippen LogP contribution is -2.19. The van der Waals surface area contributed by atoms with E-state index in [1.807, 2.05) is 37.3 Å². The Balaban J connectivity index is 2.50. The lowest BCUT2D eigenvalue weighted by Gasteiger charge is -2.24.